The number of carbonyl (C=O) groups excluding carboxylic acids is 1. The van der Waals surface area contributed by atoms with Crippen LogP contribution >= 0.6 is 0 Å². The highest BCUT2D eigenvalue weighted by molar-refractivity contribution is 7.87. The molecular formula is C19H15NO2S. The van der Waals surface area contributed by atoms with Gasteiger partial charge in [-0.2, -0.15) is 0 Å². The minimum absolute atomic E-state index is 0.492. The maximum atomic E-state index is 12.2. The Kier molecular flexibility index (Phi) is 4.96. The van der Waals surface area contributed by atoms with E-state index in [1.165, 1.54) is 0 Å². The van der Waals surface area contributed by atoms with Gasteiger partial charge in [-0.25, -0.2) is 4.79 Å². The number of amides is 1. The van der Waals surface area contributed by atoms with Crippen LogP contribution in [0.4, 0.5) is 4.79 Å². The van der Waals surface area contributed by atoms with Gasteiger partial charge in [0.15, 0.2) is 0 Å². The number of carbonyl (C=O) groups is 1. The standard InChI is InChI=1S/C19H15NO2S/c21-19(22-16-10-4-1-5-11-16)20-23(17-12-6-2-7-13-17)18-14-8-3-9-15-18/h1-15H. The van der Waals surface area contributed by atoms with Crippen molar-refractivity contribution in [3.05, 3.63) is 91.0 Å². The Hall–Kier alpha value is -2.72. The van der Waals surface area contributed by atoms with Gasteiger partial charge in [-0.15, -0.1) is 4.36 Å². The van der Waals surface area contributed by atoms with Gasteiger partial charge in [0.1, 0.15) is 5.75 Å². The highest BCUT2D eigenvalue weighted by Gasteiger charge is 2.09. The first-order valence-electron chi connectivity index (χ1n) is 7.16. The molecule has 0 radical (unpaired) electrons. The third kappa shape index (κ3) is 4.14. The predicted octanol–water partition coefficient (Wildman–Crippen LogP) is 5.11. The van der Waals surface area contributed by atoms with E-state index in [4.69, 9.17) is 4.74 Å². The first-order valence-corrected chi connectivity index (χ1v) is 8.34. The fourth-order valence-electron chi connectivity index (χ4n) is 2.02. The number of benzene rings is 3. The summed E-state index contributed by atoms with van der Waals surface area (Å²) in [5.74, 6) is 0.492. The van der Waals surface area contributed by atoms with E-state index in [-0.39, 0.29) is 0 Å². The minimum atomic E-state index is -0.705. The van der Waals surface area contributed by atoms with E-state index < -0.39 is 16.8 Å². The number of rotatable bonds is 3. The van der Waals surface area contributed by atoms with Crippen LogP contribution in [0.15, 0.2) is 105 Å². The molecule has 0 spiro atoms. The summed E-state index contributed by atoms with van der Waals surface area (Å²) >= 11 is 0. The Morgan fingerprint density at radius 1 is 0.696 bits per heavy atom. The molecule has 0 aliphatic heterocycles. The maximum Gasteiger partial charge on any atom is 0.445 e. The highest BCUT2D eigenvalue weighted by atomic mass is 32.2. The Labute approximate surface area is 137 Å². The summed E-state index contributed by atoms with van der Waals surface area (Å²) in [6, 6.07) is 28.5. The third-order valence-electron chi connectivity index (χ3n) is 3.05. The Morgan fingerprint density at radius 2 is 1.13 bits per heavy atom. The van der Waals surface area contributed by atoms with Crippen molar-refractivity contribution < 1.29 is 9.53 Å². The van der Waals surface area contributed by atoms with Crippen LogP contribution in [-0.4, -0.2) is 6.09 Å². The quantitative estimate of drug-likeness (QED) is 0.672. The molecule has 0 heterocycles. The zero-order chi connectivity index (χ0) is 15.9. The lowest BCUT2D eigenvalue weighted by Crippen LogP contribution is -2.05. The fourth-order valence-corrected chi connectivity index (χ4v) is 3.52. The number of ether oxygens (including phenoxy) is 1. The average molecular weight is 321 g/mol. The van der Waals surface area contributed by atoms with Gasteiger partial charge in [-0.1, -0.05) is 54.6 Å². The molecule has 3 nitrogen and oxygen atoms in total. The van der Waals surface area contributed by atoms with Crippen LogP contribution in [0.3, 0.4) is 0 Å². The Bertz CT molecular complexity index is 761. The summed E-state index contributed by atoms with van der Waals surface area (Å²) in [7, 11) is -0.705. The topological polar surface area (TPSA) is 38.7 Å². The summed E-state index contributed by atoms with van der Waals surface area (Å²) in [5.41, 5.74) is 0. The van der Waals surface area contributed by atoms with Crippen LogP contribution in [0, 0.1) is 0 Å². The molecule has 0 saturated heterocycles. The smallest absolute Gasteiger partial charge is 0.408 e. The van der Waals surface area contributed by atoms with Crippen LogP contribution in [-0.2, 0) is 10.7 Å². The SMILES string of the molecule is O=C(N=S(c1ccccc1)c1ccccc1)Oc1ccccc1. The molecule has 0 N–H and O–H groups in total. The predicted molar refractivity (Wildman–Crippen MR) is 91.7 cm³/mol. The molecule has 114 valence electrons. The molecule has 3 aromatic rings. The number of para-hydroxylation sites is 1. The molecule has 3 aromatic carbocycles. The third-order valence-corrected chi connectivity index (χ3v) is 4.82. The summed E-state index contributed by atoms with van der Waals surface area (Å²) in [5, 5.41) is 0. The molecule has 1 amide bonds. The second-order valence-corrected chi connectivity index (χ2v) is 6.38. The van der Waals surface area contributed by atoms with Crippen molar-refractivity contribution in [2.45, 2.75) is 9.79 Å². The molecule has 0 aliphatic carbocycles. The van der Waals surface area contributed by atoms with Crippen LogP contribution in [0.2, 0.25) is 0 Å². The van der Waals surface area contributed by atoms with Crippen molar-refractivity contribution >= 4 is 16.8 Å². The van der Waals surface area contributed by atoms with Crippen molar-refractivity contribution in [3.63, 3.8) is 0 Å². The van der Waals surface area contributed by atoms with E-state index in [0.717, 1.165) is 9.79 Å². The highest BCUT2D eigenvalue weighted by Crippen LogP contribution is 2.19. The van der Waals surface area contributed by atoms with Crippen molar-refractivity contribution in [3.8, 4) is 5.75 Å². The van der Waals surface area contributed by atoms with E-state index in [0.29, 0.717) is 5.75 Å². The maximum absolute atomic E-state index is 12.2. The molecule has 0 unspecified atom stereocenters. The Balaban J connectivity index is 1.93. The first-order chi connectivity index (χ1) is 11.3. The number of nitrogens with zero attached hydrogens (tertiary/aromatic N) is 1. The summed E-state index contributed by atoms with van der Waals surface area (Å²) in [4.78, 5) is 14.1. The van der Waals surface area contributed by atoms with E-state index >= 15 is 0 Å². The lowest BCUT2D eigenvalue weighted by atomic mass is 10.3. The van der Waals surface area contributed by atoms with Crippen molar-refractivity contribution in [2.75, 3.05) is 0 Å². The molecular weight excluding hydrogens is 306 g/mol. The first kappa shape index (κ1) is 15.2. The van der Waals surface area contributed by atoms with Crippen LogP contribution in [0.1, 0.15) is 0 Å². The molecule has 0 bridgehead atoms. The summed E-state index contributed by atoms with van der Waals surface area (Å²) < 4.78 is 9.57. The van der Waals surface area contributed by atoms with E-state index in [1.54, 1.807) is 12.1 Å². The molecule has 23 heavy (non-hydrogen) atoms. The van der Waals surface area contributed by atoms with E-state index in [9.17, 15) is 4.79 Å². The van der Waals surface area contributed by atoms with Gasteiger partial charge >= 0.3 is 6.09 Å². The fraction of sp³-hybridized carbons (Fsp3) is 0. The van der Waals surface area contributed by atoms with Gasteiger partial charge in [-0.3, -0.25) is 0 Å². The summed E-state index contributed by atoms with van der Waals surface area (Å²) in [6.07, 6.45) is -0.591. The second-order valence-electron chi connectivity index (χ2n) is 4.68. The number of hydrogen-bond donors (Lipinski definition) is 0. The molecule has 0 aliphatic rings. The molecule has 0 saturated carbocycles. The average Bonchev–Trinajstić information content (AvgIpc) is 2.62. The van der Waals surface area contributed by atoms with E-state index in [1.807, 2.05) is 78.9 Å². The normalized spacial score (nSPS) is 10.3. The molecule has 3 rings (SSSR count). The van der Waals surface area contributed by atoms with Crippen LogP contribution in [0.25, 0.3) is 0 Å². The van der Waals surface area contributed by atoms with Gasteiger partial charge in [0.25, 0.3) is 0 Å². The van der Waals surface area contributed by atoms with E-state index in [2.05, 4.69) is 4.36 Å². The summed E-state index contributed by atoms with van der Waals surface area (Å²) in [6.45, 7) is 0. The lowest BCUT2D eigenvalue weighted by Gasteiger charge is -2.08. The van der Waals surface area contributed by atoms with Gasteiger partial charge in [0.05, 0.1) is 0 Å². The van der Waals surface area contributed by atoms with Crippen LogP contribution < -0.4 is 4.74 Å². The minimum Gasteiger partial charge on any atom is -0.408 e. The van der Waals surface area contributed by atoms with Gasteiger partial charge in [-0.05, 0) is 47.1 Å². The van der Waals surface area contributed by atoms with Gasteiger partial charge in [0.2, 0.25) is 0 Å². The molecule has 0 fully saturated rings. The second kappa shape index (κ2) is 7.51. The molecule has 0 aromatic heterocycles. The van der Waals surface area contributed by atoms with Crippen LogP contribution in [0.5, 0.6) is 5.75 Å². The zero-order valence-corrected chi connectivity index (χ0v) is 13.1. The monoisotopic (exact) mass is 321 g/mol. The van der Waals surface area contributed by atoms with Gasteiger partial charge in [0, 0.05) is 9.79 Å². The molecule has 0 atom stereocenters. The largest absolute Gasteiger partial charge is 0.445 e. The lowest BCUT2D eigenvalue weighted by molar-refractivity contribution is 0.212. The van der Waals surface area contributed by atoms with Crippen molar-refractivity contribution in [1.82, 2.24) is 0 Å². The van der Waals surface area contributed by atoms with Crippen molar-refractivity contribution in [2.24, 2.45) is 4.36 Å². The molecule has 4 heteroatoms. The van der Waals surface area contributed by atoms with Crippen molar-refractivity contribution in [1.29, 1.82) is 0 Å². The zero-order valence-electron chi connectivity index (χ0n) is 12.3. The Morgan fingerprint density at radius 3 is 1.61 bits per heavy atom. The number of hydrogen-bond acceptors (Lipinski definition) is 2. The van der Waals surface area contributed by atoms with Gasteiger partial charge < -0.3 is 4.74 Å².